The summed E-state index contributed by atoms with van der Waals surface area (Å²) in [6.07, 6.45) is 0. The lowest BCUT2D eigenvalue weighted by molar-refractivity contribution is -0.132. The van der Waals surface area contributed by atoms with Gasteiger partial charge in [-0.25, -0.2) is 0 Å². The molecule has 1 amide bonds. The highest BCUT2D eigenvalue weighted by Crippen LogP contribution is 2.44. The number of likely N-dealkylation sites (N-methyl/N-ethyl adjacent to an activating group) is 1. The van der Waals surface area contributed by atoms with Gasteiger partial charge in [0.2, 0.25) is 0 Å². The Morgan fingerprint density at radius 1 is 1.00 bits per heavy atom. The van der Waals surface area contributed by atoms with Crippen LogP contribution in [0.1, 0.15) is 43.5 Å². The molecule has 2 heterocycles. The minimum absolute atomic E-state index is 0.0411. The maximum atomic E-state index is 13.5. The largest absolute Gasteiger partial charge is 0.507 e. The van der Waals surface area contributed by atoms with Crippen molar-refractivity contribution in [1.82, 2.24) is 0 Å². The summed E-state index contributed by atoms with van der Waals surface area (Å²) in [6, 6.07) is 19.3. The molecule has 0 saturated carbocycles. The molecule has 5 rings (SSSR count). The summed E-state index contributed by atoms with van der Waals surface area (Å²) in [6.45, 7) is 7.63. The van der Waals surface area contributed by atoms with Crippen LogP contribution in [0.25, 0.3) is 5.76 Å². The maximum Gasteiger partial charge on any atom is 0.300 e. The summed E-state index contributed by atoms with van der Waals surface area (Å²) >= 11 is 0. The van der Waals surface area contributed by atoms with Crippen molar-refractivity contribution in [2.45, 2.75) is 32.2 Å². The smallest absolute Gasteiger partial charge is 0.300 e. The lowest BCUT2D eigenvalue weighted by Gasteiger charge is -2.28. The topological polar surface area (TPSA) is 79.3 Å². The number of ketones is 1. The second-order valence-corrected chi connectivity index (χ2v) is 10.7. The zero-order valence-corrected chi connectivity index (χ0v) is 22.3. The molecular weight excluding hydrogens is 480 g/mol. The number of methoxy groups -OCH3 is 1. The number of amides is 1. The number of ether oxygens (including phenoxy) is 2. The number of benzene rings is 3. The number of carbonyl (C=O) groups excluding carboxylic acids is 2. The first kappa shape index (κ1) is 25.4. The molecule has 7 nitrogen and oxygen atoms in total. The van der Waals surface area contributed by atoms with E-state index in [4.69, 9.17) is 9.47 Å². The van der Waals surface area contributed by atoms with Crippen LogP contribution in [0.5, 0.6) is 11.5 Å². The molecule has 1 fully saturated rings. The fourth-order valence-electron chi connectivity index (χ4n) is 4.98. The lowest BCUT2D eigenvalue weighted by Crippen LogP contribution is -2.29. The molecule has 0 bridgehead atoms. The standard InChI is InChI=1S/C31H32N2O5/c1-31(2,3)21-9-11-22(12-10-21)33-27(19-6-13-23(37-5)14-7-19)26(29(35)30(33)36)28(34)20-8-15-25-24(18-20)32(4)16-17-38-25/h6-15,18,27,34H,16-17H2,1-5H3/b28-26-. The molecule has 0 spiro atoms. The van der Waals surface area contributed by atoms with E-state index in [1.165, 1.54) is 4.90 Å². The van der Waals surface area contributed by atoms with Gasteiger partial charge in [0.15, 0.2) is 0 Å². The van der Waals surface area contributed by atoms with Crippen molar-refractivity contribution in [2.24, 2.45) is 0 Å². The Balaban J connectivity index is 1.66. The van der Waals surface area contributed by atoms with Crippen LogP contribution in [0.4, 0.5) is 11.4 Å². The number of carbonyl (C=O) groups is 2. The van der Waals surface area contributed by atoms with Crippen LogP contribution >= 0.6 is 0 Å². The van der Waals surface area contributed by atoms with Gasteiger partial charge in [0, 0.05) is 18.3 Å². The number of aliphatic hydroxyl groups is 1. The van der Waals surface area contributed by atoms with Gasteiger partial charge < -0.3 is 19.5 Å². The number of nitrogens with zero attached hydrogens (tertiary/aromatic N) is 2. The molecule has 7 heteroatoms. The van der Waals surface area contributed by atoms with Crippen molar-refractivity contribution >= 4 is 28.8 Å². The minimum atomic E-state index is -0.814. The van der Waals surface area contributed by atoms with Gasteiger partial charge in [0.1, 0.15) is 23.9 Å². The average molecular weight is 513 g/mol. The minimum Gasteiger partial charge on any atom is -0.507 e. The first-order chi connectivity index (χ1) is 18.1. The van der Waals surface area contributed by atoms with E-state index in [1.807, 2.05) is 48.3 Å². The summed E-state index contributed by atoms with van der Waals surface area (Å²) in [5.41, 5.74) is 3.61. The van der Waals surface area contributed by atoms with E-state index in [-0.39, 0.29) is 16.7 Å². The summed E-state index contributed by atoms with van der Waals surface area (Å²) in [7, 11) is 3.53. The van der Waals surface area contributed by atoms with Gasteiger partial charge in [-0.3, -0.25) is 14.5 Å². The summed E-state index contributed by atoms with van der Waals surface area (Å²) in [5, 5.41) is 11.5. The van der Waals surface area contributed by atoms with Gasteiger partial charge in [-0.1, -0.05) is 45.0 Å². The van der Waals surface area contributed by atoms with E-state index in [2.05, 4.69) is 20.8 Å². The van der Waals surface area contributed by atoms with Gasteiger partial charge in [0.05, 0.1) is 31.0 Å². The number of hydrogen-bond donors (Lipinski definition) is 1. The number of Topliss-reactive ketones (excluding diaryl/α,β-unsaturated/α-hetero) is 1. The lowest BCUT2D eigenvalue weighted by atomic mass is 9.87. The zero-order chi connectivity index (χ0) is 27.2. The molecule has 38 heavy (non-hydrogen) atoms. The highest BCUT2D eigenvalue weighted by Gasteiger charge is 2.47. The van der Waals surface area contributed by atoms with Crippen molar-refractivity contribution < 1.29 is 24.2 Å². The molecule has 196 valence electrons. The molecule has 3 aromatic rings. The van der Waals surface area contributed by atoms with Crippen molar-refractivity contribution in [3.8, 4) is 11.5 Å². The Bertz CT molecular complexity index is 1420. The SMILES string of the molecule is COc1ccc(C2/C(=C(/O)c3ccc4c(c3)N(C)CCO4)C(=O)C(=O)N2c2ccc(C(C)(C)C)cc2)cc1. The van der Waals surface area contributed by atoms with Gasteiger partial charge in [-0.05, 0) is 59.0 Å². The van der Waals surface area contributed by atoms with Crippen LogP contribution < -0.4 is 19.3 Å². The average Bonchev–Trinajstić information content (AvgIpc) is 3.18. The Kier molecular flexibility index (Phi) is 6.39. The van der Waals surface area contributed by atoms with Crippen molar-refractivity contribution in [2.75, 3.05) is 37.1 Å². The Hall–Kier alpha value is -4.26. The molecule has 1 saturated heterocycles. The molecule has 1 N–H and O–H groups in total. The van der Waals surface area contributed by atoms with E-state index in [0.29, 0.717) is 41.5 Å². The second-order valence-electron chi connectivity index (χ2n) is 10.7. The fourth-order valence-corrected chi connectivity index (χ4v) is 4.98. The molecule has 0 radical (unpaired) electrons. The Labute approximate surface area is 222 Å². The van der Waals surface area contributed by atoms with Crippen LogP contribution in [0.2, 0.25) is 0 Å². The number of anilines is 2. The fraction of sp³-hybridized carbons (Fsp3) is 0.290. The highest BCUT2D eigenvalue weighted by molar-refractivity contribution is 6.51. The Morgan fingerprint density at radius 2 is 1.68 bits per heavy atom. The van der Waals surface area contributed by atoms with E-state index < -0.39 is 17.7 Å². The number of fused-ring (bicyclic) bond motifs is 1. The zero-order valence-electron chi connectivity index (χ0n) is 22.3. The van der Waals surface area contributed by atoms with Crippen LogP contribution in [-0.2, 0) is 15.0 Å². The molecule has 2 aliphatic heterocycles. The Morgan fingerprint density at radius 3 is 2.32 bits per heavy atom. The molecule has 1 atom stereocenters. The van der Waals surface area contributed by atoms with Gasteiger partial charge >= 0.3 is 0 Å². The molecule has 0 aromatic heterocycles. The predicted octanol–water partition coefficient (Wildman–Crippen LogP) is 5.45. The van der Waals surface area contributed by atoms with Crippen LogP contribution in [0.3, 0.4) is 0 Å². The number of rotatable bonds is 4. The molecule has 3 aromatic carbocycles. The number of aliphatic hydroxyl groups excluding tert-OH is 1. The van der Waals surface area contributed by atoms with Gasteiger partial charge in [-0.2, -0.15) is 0 Å². The first-order valence-electron chi connectivity index (χ1n) is 12.6. The molecule has 0 aliphatic carbocycles. The van der Waals surface area contributed by atoms with Crippen molar-refractivity contribution in [1.29, 1.82) is 0 Å². The van der Waals surface area contributed by atoms with Gasteiger partial charge in [-0.15, -0.1) is 0 Å². The molecular formula is C31H32N2O5. The highest BCUT2D eigenvalue weighted by atomic mass is 16.5. The van der Waals surface area contributed by atoms with E-state index in [0.717, 1.165) is 11.3 Å². The molecule has 1 unspecified atom stereocenters. The van der Waals surface area contributed by atoms with E-state index in [9.17, 15) is 14.7 Å². The monoisotopic (exact) mass is 512 g/mol. The van der Waals surface area contributed by atoms with E-state index >= 15 is 0 Å². The van der Waals surface area contributed by atoms with Crippen LogP contribution in [0.15, 0.2) is 72.3 Å². The third-order valence-corrected chi connectivity index (χ3v) is 7.22. The summed E-state index contributed by atoms with van der Waals surface area (Å²) in [5.74, 6) is -0.279. The summed E-state index contributed by atoms with van der Waals surface area (Å²) < 4.78 is 11.0. The number of hydrogen-bond acceptors (Lipinski definition) is 6. The second kappa shape index (κ2) is 9.56. The molecule has 2 aliphatic rings. The third kappa shape index (κ3) is 4.38. The summed E-state index contributed by atoms with van der Waals surface area (Å²) in [4.78, 5) is 30.5. The van der Waals surface area contributed by atoms with Crippen LogP contribution in [-0.4, -0.2) is 44.1 Å². The van der Waals surface area contributed by atoms with Gasteiger partial charge in [0.25, 0.3) is 11.7 Å². The van der Waals surface area contributed by atoms with Crippen molar-refractivity contribution in [3.05, 3.63) is 89.0 Å². The normalized spacial score (nSPS) is 18.8. The third-order valence-electron chi connectivity index (χ3n) is 7.22. The predicted molar refractivity (Wildman–Crippen MR) is 148 cm³/mol. The maximum absolute atomic E-state index is 13.5. The van der Waals surface area contributed by atoms with Crippen LogP contribution in [0, 0.1) is 0 Å². The van der Waals surface area contributed by atoms with Crippen molar-refractivity contribution in [3.63, 3.8) is 0 Å². The first-order valence-corrected chi connectivity index (χ1v) is 12.6. The van der Waals surface area contributed by atoms with E-state index in [1.54, 1.807) is 37.4 Å². The quantitative estimate of drug-likeness (QED) is 0.285.